The molecule has 0 saturated carbocycles. The first-order valence-corrected chi connectivity index (χ1v) is 3.47. The van der Waals surface area contributed by atoms with E-state index in [0.717, 1.165) is 0 Å². The van der Waals surface area contributed by atoms with E-state index >= 15 is 0 Å². The third kappa shape index (κ3) is 6.68. The van der Waals surface area contributed by atoms with Crippen molar-refractivity contribution in [3.8, 4) is 24.2 Å². The van der Waals surface area contributed by atoms with Gasteiger partial charge in [-0.1, -0.05) is 5.92 Å². The van der Waals surface area contributed by atoms with Crippen LogP contribution < -0.4 is 0 Å². The molecular weight excluding hydrogens is 152 g/mol. The highest BCUT2D eigenvalue weighted by Crippen LogP contribution is 1.89. The maximum Gasteiger partial charge on any atom is 0.0816 e. The standard InChI is InChI=1S/C10H10O2/c1-2-3-4-5-6-7-10(12)8-9-11/h1,5,7,10-12H,8-9H2. The van der Waals surface area contributed by atoms with E-state index in [2.05, 4.69) is 23.5 Å². The molecule has 0 aliphatic heterocycles. The molecule has 0 fully saturated rings. The number of hydrogen-bond acceptors (Lipinski definition) is 2. The first kappa shape index (κ1) is 10.6. The molecule has 2 N–H and O–H groups in total. The molecule has 0 bridgehead atoms. The minimum atomic E-state index is -0.668. The van der Waals surface area contributed by atoms with E-state index < -0.39 is 6.10 Å². The second kappa shape index (κ2) is 7.66. The molecule has 2 heteroatoms. The van der Waals surface area contributed by atoms with Crippen molar-refractivity contribution in [3.63, 3.8) is 0 Å². The molecule has 0 heterocycles. The molecule has 0 spiro atoms. The number of aliphatic hydroxyl groups is 2. The van der Waals surface area contributed by atoms with Crippen molar-refractivity contribution in [2.45, 2.75) is 12.5 Å². The maximum atomic E-state index is 9.02. The third-order valence-electron chi connectivity index (χ3n) is 1.01. The quantitative estimate of drug-likeness (QED) is 0.455. The van der Waals surface area contributed by atoms with E-state index in [-0.39, 0.29) is 6.61 Å². The molecule has 0 aromatic rings. The minimum Gasteiger partial charge on any atom is -0.396 e. The molecule has 0 saturated heterocycles. The fourth-order valence-electron chi connectivity index (χ4n) is 0.494. The van der Waals surface area contributed by atoms with Crippen molar-refractivity contribution in [1.29, 1.82) is 0 Å². The Morgan fingerprint density at radius 1 is 1.50 bits per heavy atom. The summed E-state index contributed by atoms with van der Waals surface area (Å²) in [7, 11) is 0. The van der Waals surface area contributed by atoms with E-state index in [1.807, 2.05) is 0 Å². The van der Waals surface area contributed by atoms with E-state index in [9.17, 15) is 0 Å². The summed E-state index contributed by atoms with van der Waals surface area (Å²) in [5.74, 6) is 7.00. The third-order valence-corrected chi connectivity index (χ3v) is 1.01. The zero-order chi connectivity index (χ0) is 9.23. The predicted molar refractivity (Wildman–Crippen MR) is 47.0 cm³/mol. The molecule has 0 radical (unpaired) electrons. The van der Waals surface area contributed by atoms with Gasteiger partial charge in [-0.2, -0.15) is 0 Å². The van der Waals surface area contributed by atoms with Crippen LogP contribution in [0.2, 0.25) is 0 Å². The Morgan fingerprint density at radius 2 is 2.25 bits per heavy atom. The highest BCUT2D eigenvalue weighted by atomic mass is 16.3. The van der Waals surface area contributed by atoms with Crippen LogP contribution in [-0.2, 0) is 0 Å². The largest absolute Gasteiger partial charge is 0.396 e. The van der Waals surface area contributed by atoms with Crippen LogP contribution >= 0.6 is 0 Å². The second-order valence-electron chi connectivity index (χ2n) is 1.97. The van der Waals surface area contributed by atoms with Crippen molar-refractivity contribution < 1.29 is 10.2 Å². The van der Waals surface area contributed by atoms with Crippen LogP contribution in [0.4, 0.5) is 0 Å². The van der Waals surface area contributed by atoms with Crippen LogP contribution in [0.1, 0.15) is 6.42 Å². The molecule has 62 valence electrons. The summed E-state index contributed by atoms with van der Waals surface area (Å²) in [5.41, 5.74) is 2.62. The van der Waals surface area contributed by atoms with Gasteiger partial charge in [0.15, 0.2) is 0 Å². The summed E-state index contributed by atoms with van der Waals surface area (Å²) in [4.78, 5) is 0. The highest BCUT2D eigenvalue weighted by molar-refractivity contribution is 5.27. The van der Waals surface area contributed by atoms with Gasteiger partial charge in [-0.3, -0.25) is 0 Å². The number of rotatable bonds is 3. The fourth-order valence-corrected chi connectivity index (χ4v) is 0.494. The molecule has 1 unspecified atom stereocenters. The van der Waals surface area contributed by atoms with Gasteiger partial charge in [0.05, 0.1) is 6.10 Å². The van der Waals surface area contributed by atoms with Crippen LogP contribution in [0, 0.1) is 24.2 Å². The van der Waals surface area contributed by atoms with E-state index in [0.29, 0.717) is 6.42 Å². The smallest absolute Gasteiger partial charge is 0.0816 e. The monoisotopic (exact) mass is 162 g/mol. The lowest BCUT2D eigenvalue weighted by Crippen LogP contribution is -2.03. The van der Waals surface area contributed by atoms with Crippen LogP contribution in [0.5, 0.6) is 0 Å². The molecule has 0 aromatic carbocycles. The molecule has 1 atom stereocenters. The van der Waals surface area contributed by atoms with Crippen molar-refractivity contribution in [3.05, 3.63) is 17.9 Å². The van der Waals surface area contributed by atoms with Crippen molar-refractivity contribution in [2.75, 3.05) is 6.61 Å². The fraction of sp³-hybridized carbons (Fsp3) is 0.300. The summed E-state index contributed by atoms with van der Waals surface area (Å²) in [6, 6.07) is 0. The van der Waals surface area contributed by atoms with Gasteiger partial charge in [-0.05, 0) is 17.9 Å². The van der Waals surface area contributed by atoms with E-state index in [1.54, 1.807) is 0 Å². The Morgan fingerprint density at radius 3 is 2.83 bits per heavy atom. The first-order chi connectivity index (χ1) is 5.81. The average Bonchev–Trinajstić information content (AvgIpc) is 2.05. The summed E-state index contributed by atoms with van der Waals surface area (Å²) in [6.45, 7) is -0.0462. The average molecular weight is 162 g/mol. The second-order valence-corrected chi connectivity index (χ2v) is 1.97. The van der Waals surface area contributed by atoms with E-state index in [1.165, 1.54) is 12.2 Å². The van der Waals surface area contributed by atoms with Gasteiger partial charge in [0.1, 0.15) is 0 Å². The van der Waals surface area contributed by atoms with Gasteiger partial charge < -0.3 is 10.2 Å². The molecule has 0 aliphatic rings. The first-order valence-electron chi connectivity index (χ1n) is 3.47. The zero-order valence-corrected chi connectivity index (χ0v) is 6.62. The van der Waals surface area contributed by atoms with E-state index in [4.69, 9.17) is 16.6 Å². The lowest BCUT2D eigenvalue weighted by molar-refractivity contribution is 0.170. The normalized spacial score (nSPS) is 9.75. The Labute approximate surface area is 72.2 Å². The van der Waals surface area contributed by atoms with Crippen LogP contribution in [0.15, 0.2) is 17.9 Å². The van der Waals surface area contributed by atoms with Gasteiger partial charge >= 0.3 is 0 Å². The Bertz CT molecular complexity index is 266. The Kier molecular flexibility index (Phi) is 6.74. The number of aliphatic hydroxyl groups excluding tert-OH is 2. The summed E-state index contributed by atoms with van der Waals surface area (Å²) >= 11 is 0. The van der Waals surface area contributed by atoms with Gasteiger partial charge in [-0.25, -0.2) is 0 Å². The zero-order valence-electron chi connectivity index (χ0n) is 6.62. The van der Waals surface area contributed by atoms with Crippen molar-refractivity contribution in [2.24, 2.45) is 0 Å². The van der Waals surface area contributed by atoms with Crippen molar-refractivity contribution >= 4 is 0 Å². The molecule has 0 amide bonds. The van der Waals surface area contributed by atoms with Crippen LogP contribution in [0.25, 0.3) is 0 Å². The van der Waals surface area contributed by atoms with Gasteiger partial charge in [0.2, 0.25) is 0 Å². The minimum absolute atomic E-state index is 0.0462. The molecule has 0 rings (SSSR count). The molecule has 2 nitrogen and oxygen atoms in total. The lowest BCUT2D eigenvalue weighted by atomic mass is 10.2. The Hall–Kier alpha value is -1.44. The maximum absolute atomic E-state index is 9.02. The highest BCUT2D eigenvalue weighted by Gasteiger charge is 1.93. The SMILES string of the molecule is C#CC#CC=C=CC(O)CCO. The Balaban J connectivity index is 3.89. The summed E-state index contributed by atoms with van der Waals surface area (Å²) < 4.78 is 0. The van der Waals surface area contributed by atoms with Crippen molar-refractivity contribution in [1.82, 2.24) is 0 Å². The lowest BCUT2D eigenvalue weighted by Gasteiger charge is -1.97. The number of terminal acetylenes is 1. The molecular formula is C10H10O2. The number of hydrogen-bond donors (Lipinski definition) is 2. The van der Waals surface area contributed by atoms with Gasteiger partial charge in [-0.15, -0.1) is 12.2 Å². The van der Waals surface area contributed by atoms with Gasteiger partial charge in [0, 0.05) is 19.1 Å². The summed E-state index contributed by atoms with van der Waals surface area (Å²) in [5, 5.41) is 17.4. The molecule has 12 heavy (non-hydrogen) atoms. The summed E-state index contributed by atoms with van der Waals surface area (Å²) in [6.07, 6.45) is 7.33. The molecule has 0 aliphatic carbocycles. The predicted octanol–water partition coefficient (Wildman–Crippen LogP) is 0.0776. The van der Waals surface area contributed by atoms with Crippen LogP contribution in [-0.4, -0.2) is 22.9 Å². The van der Waals surface area contributed by atoms with Crippen LogP contribution in [0.3, 0.4) is 0 Å². The molecule has 0 aromatic heterocycles. The topological polar surface area (TPSA) is 40.5 Å². The van der Waals surface area contributed by atoms with Gasteiger partial charge in [0.25, 0.3) is 0 Å².